The number of methoxy groups -OCH3 is 2. The minimum absolute atomic E-state index is 0.183. The fourth-order valence-corrected chi connectivity index (χ4v) is 4.69. The predicted octanol–water partition coefficient (Wildman–Crippen LogP) is 5.55. The molecule has 1 atom stereocenters. The van der Waals surface area contributed by atoms with E-state index < -0.39 is 0 Å². The Balaban J connectivity index is 1.50. The summed E-state index contributed by atoms with van der Waals surface area (Å²) in [6.45, 7) is 5.99. The largest absolute Gasteiger partial charge is 0.497 e. The smallest absolute Gasteiger partial charge is 0.135 e. The van der Waals surface area contributed by atoms with E-state index in [1.165, 1.54) is 5.69 Å². The molecule has 3 aromatic rings. The van der Waals surface area contributed by atoms with E-state index in [2.05, 4.69) is 55.8 Å². The lowest BCUT2D eigenvalue weighted by Gasteiger charge is -2.39. The summed E-state index contributed by atoms with van der Waals surface area (Å²) in [4.78, 5) is 9.46. The van der Waals surface area contributed by atoms with Gasteiger partial charge in [0.2, 0.25) is 0 Å². The first-order valence-electron chi connectivity index (χ1n) is 9.97. The van der Waals surface area contributed by atoms with Crippen LogP contribution >= 0.6 is 27.5 Å². The molecule has 1 aliphatic rings. The predicted molar refractivity (Wildman–Crippen MR) is 126 cm³/mol. The van der Waals surface area contributed by atoms with Crippen LogP contribution in [0.4, 0.5) is 5.69 Å². The zero-order valence-electron chi connectivity index (χ0n) is 17.4. The van der Waals surface area contributed by atoms with Crippen LogP contribution in [0.15, 0.2) is 46.9 Å². The minimum atomic E-state index is 0.183. The van der Waals surface area contributed by atoms with E-state index in [0.717, 1.165) is 58.6 Å². The lowest BCUT2D eigenvalue weighted by atomic mass is 10.0. The van der Waals surface area contributed by atoms with Gasteiger partial charge in [0.1, 0.15) is 16.7 Å². The molecule has 1 aromatic heterocycles. The Bertz CT molecular complexity index is 1050. The fourth-order valence-electron chi connectivity index (χ4n) is 3.98. The summed E-state index contributed by atoms with van der Waals surface area (Å²) in [6, 6.07) is 14.4. The summed E-state index contributed by atoms with van der Waals surface area (Å²) in [6.07, 6.45) is 0. The number of piperazine rings is 1. The van der Waals surface area contributed by atoms with Gasteiger partial charge in [-0.15, -0.1) is 0 Å². The third-order valence-electron chi connectivity index (χ3n) is 5.81. The molecule has 1 aliphatic heterocycles. The second-order valence-electron chi connectivity index (χ2n) is 7.44. The van der Waals surface area contributed by atoms with Crippen molar-refractivity contribution >= 4 is 44.1 Å². The topological polar surface area (TPSA) is 37.8 Å². The van der Waals surface area contributed by atoms with Gasteiger partial charge >= 0.3 is 0 Å². The van der Waals surface area contributed by atoms with Gasteiger partial charge < -0.3 is 14.4 Å². The number of halogens is 2. The molecule has 0 radical (unpaired) electrons. The number of hydrogen-bond acceptors (Lipinski definition) is 5. The van der Waals surface area contributed by atoms with Crippen LogP contribution in [0.1, 0.15) is 18.5 Å². The molecule has 7 heteroatoms. The maximum atomic E-state index is 6.57. The molecule has 0 N–H and O–H groups in total. The molecule has 0 saturated carbocycles. The quantitative estimate of drug-likeness (QED) is 0.438. The number of pyridine rings is 1. The second-order valence-corrected chi connectivity index (χ2v) is 8.66. The van der Waals surface area contributed by atoms with Gasteiger partial charge in [-0.1, -0.05) is 11.6 Å². The summed E-state index contributed by atoms with van der Waals surface area (Å²) in [7, 11) is 3.37. The number of nitrogens with zero attached hydrogens (tertiary/aromatic N) is 3. The van der Waals surface area contributed by atoms with Crippen LogP contribution < -0.4 is 14.4 Å². The first-order valence-corrected chi connectivity index (χ1v) is 11.1. The number of anilines is 1. The highest BCUT2D eigenvalue weighted by molar-refractivity contribution is 9.10. The van der Waals surface area contributed by atoms with Crippen molar-refractivity contribution < 1.29 is 9.47 Å². The zero-order valence-corrected chi connectivity index (χ0v) is 19.7. The van der Waals surface area contributed by atoms with Crippen LogP contribution in [0.2, 0.25) is 5.15 Å². The molecule has 0 aliphatic carbocycles. The normalized spacial score (nSPS) is 16.0. The molecular weight excluding hydrogens is 466 g/mol. The average molecular weight is 491 g/mol. The second kappa shape index (κ2) is 9.00. The molecule has 1 saturated heterocycles. The van der Waals surface area contributed by atoms with Crippen molar-refractivity contribution in [1.82, 2.24) is 9.88 Å². The van der Waals surface area contributed by atoms with Gasteiger partial charge in [-0.3, -0.25) is 4.90 Å². The maximum Gasteiger partial charge on any atom is 0.135 e. The van der Waals surface area contributed by atoms with E-state index in [4.69, 9.17) is 21.1 Å². The zero-order chi connectivity index (χ0) is 21.3. The first-order chi connectivity index (χ1) is 14.5. The molecule has 4 rings (SSSR count). The van der Waals surface area contributed by atoms with Crippen molar-refractivity contribution in [3.05, 3.63) is 57.7 Å². The Kier molecular flexibility index (Phi) is 6.37. The molecule has 5 nitrogen and oxygen atoms in total. The van der Waals surface area contributed by atoms with Crippen molar-refractivity contribution in [1.29, 1.82) is 0 Å². The van der Waals surface area contributed by atoms with Gasteiger partial charge in [-0.25, -0.2) is 4.98 Å². The fraction of sp³-hybridized carbons (Fsp3) is 0.348. The molecule has 1 fully saturated rings. The van der Waals surface area contributed by atoms with Crippen molar-refractivity contribution in [3.63, 3.8) is 0 Å². The van der Waals surface area contributed by atoms with Crippen molar-refractivity contribution in [3.8, 4) is 11.5 Å². The lowest BCUT2D eigenvalue weighted by Crippen LogP contribution is -2.47. The summed E-state index contributed by atoms with van der Waals surface area (Å²) in [5, 5.41) is 1.61. The highest BCUT2D eigenvalue weighted by Gasteiger charge is 2.25. The number of benzene rings is 2. The van der Waals surface area contributed by atoms with Crippen LogP contribution in [-0.2, 0) is 0 Å². The van der Waals surface area contributed by atoms with Gasteiger partial charge in [-0.2, -0.15) is 0 Å². The van der Waals surface area contributed by atoms with Gasteiger partial charge in [0, 0.05) is 54.9 Å². The van der Waals surface area contributed by atoms with Crippen LogP contribution in [0.3, 0.4) is 0 Å². The lowest BCUT2D eigenvalue weighted by molar-refractivity contribution is 0.198. The Labute approximate surface area is 190 Å². The van der Waals surface area contributed by atoms with E-state index in [0.29, 0.717) is 5.15 Å². The third kappa shape index (κ3) is 4.22. The number of fused-ring (bicyclic) bond motifs is 1. The number of hydrogen-bond donors (Lipinski definition) is 0. The van der Waals surface area contributed by atoms with Gasteiger partial charge in [0.05, 0.1) is 24.2 Å². The average Bonchev–Trinajstić information content (AvgIpc) is 2.78. The highest BCUT2D eigenvalue weighted by Crippen LogP contribution is 2.33. The summed E-state index contributed by atoms with van der Waals surface area (Å²) in [5.41, 5.74) is 3.11. The molecule has 30 heavy (non-hydrogen) atoms. The highest BCUT2D eigenvalue weighted by atomic mass is 79.9. The minimum Gasteiger partial charge on any atom is -0.497 e. The van der Waals surface area contributed by atoms with E-state index in [-0.39, 0.29) is 6.04 Å². The SMILES string of the molecule is COc1ccc2nc(Cl)c(C(C)N3CCN(c4ccc(Br)c(OC)c4)CC3)cc2c1. The summed E-state index contributed by atoms with van der Waals surface area (Å²) in [5.74, 6) is 1.68. The van der Waals surface area contributed by atoms with Gasteiger partial charge in [0.15, 0.2) is 0 Å². The first kappa shape index (κ1) is 21.2. The van der Waals surface area contributed by atoms with Crippen LogP contribution in [0.5, 0.6) is 11.5 Å². The van der Waals surface area contributed by atoms with Crippen LogP contribution in [0, 0.1) is 0 Å². The third-order valence-corrected chi connectivity index (χ3v) is 6.77. The van der Waals surface area contributed by atoms with Gasteiger partial charge in [0.25, 0.3) is 0 Å². The van der Waals surface area contributed by atoms with Crippen molar-refractivity contribution in [2.75, 3.05) is 45.3 Å². The Morgan fingerprint density at radius 2 is 1.77 bits per heavy atom. The van der Waals surface area contributed by atoms with Crippen molar-refractivity contribution in [2.24, 2.45) is 0 Å². The van der Waals surface area contributed by atoms with Crippen LogP contribution in [-0.4, -0.2) is 50.3 Å². The molecule has 2 aromatic carbocycles. The Morgan fingerprint density at radius 3 is 2.47 bits per heavy atom. The molecule has 1 unspecified atom stereocenters. The standard InChI is InChI=1S/C23H25BrClN3O2/c1-15(19-13-16-12-18(29-2)5-7-21(16)26-23(19)25)27-8-10-28(11-9-27)17-4-6-20(24)22(14-17)30-3/h4-7,12-15H,8-11H2,1-3H3. The number of rotatable bonds is 5. The summed E-state index contributed by atoms with van der Waals surface area (Å²) < 4.78 is 11.8. The molecule has 158 valence electrons. The Morgan fingerprint density at radius 1 is 1.00 bits per heavy atom. The Hall–Kier alpha value is -2.02. The number of ether oxygens (including phenoxy) is 2. The molecule has 0 amide bonds. The number of aromatic nitrogens is 1. The molecular formula is C23H25BrClN3O2. The van der Waals surface area contributed by atoms with E-state index in [1.807, 2.05) is 24.3 Å². The maximum absolute atomic E-state index is 6.57. The molecule has 0 spiro atoms. The summed E-state index contributed by atoms with van der Waals surface area (Å²) >= 11 is 10.1. The van der Waals surface area contributed by atoms with E-state index in [9.17, 15) is 0 Å². The van der Waals surface area contributed by atoms with Crippen molar-refractivity contribution in [2.45, 2.75) is 13.0 Å². The molecule has 2 heterocycles. The van der Waals surface area contributed by atoms with Crippen LogP contribution in [0.25, 0.3) is 10.9 Å². The van der Waals surface area contributed by atoms with E-state index >= 15 is 0 Å². The van der Waals surface area contributed by atoms with Gasteiger partial charge in [-0.05, 0) is 59.3 Å². The molecule has 0 bridgehead atoms. The van der Waals surface area contributed by atoms with E-state index in [1.54, 1.807) is 14.2 Å². The monoisotopic (exact) mass is 489 g/mol.